The molecule has 0 fully saturated rings. The predicted molar refractivity (Wildman–Crippen MR) is 136 cm³/mol. The van der Waals surface area contributed by atoms with E-state index in [1.807, 2.05) is 0 Å². The predicted octanol–water partition coefficient (Wildman–Crippen LogP) is 1.44. The van der Waals surface area contributed by atoms with Gasteiger partial charge in [0.2, 0.25) is 5.91 Å². The number of amides is 2. The highest BCUT2D eigenvalue weighted by Crippen LogP contribution is 2.36. The molecule has 12 nitrogen and oxygen atoms in total. The second kappa shape index (κ2) is 11.6. The molecule has 2 amide bonds. The van der Waals surface area contributed by atoms with E-state index in [1.54, 1.807) is 0 Å². The second-order valence-electron chi connectivity index (χ2n) is 8.18. The molecule has 1 unspecified atom stereocenters. The van der Waals surface area contributed by atoms with Gasteiger partial charge in [0, 0.05) is 12.3 Å². The highest BCUT2D eigenvalue weighted by molar-refractivity contribution is 6.02. The van der Waals surface area contributed by atoms with Crippen LogP contribution >= 0.6 is 0 Å². The fourth-order valence-electron chi connectivity index (χ4n) is 3.32. The first-order chi connectivity index (χ1) is 17.9. The number of carbonyl (C=O) groups excluding carboxylic acids is 2. The first-order valence-corrected chi connectivity index (χ1v) is 11.0. The third-order valence-corrected chi connectivity index (χ3v) is 5.15. The molecule has 0 saturated carbocycles. The van der Waals surface area contributed by atoms with Crippen molar-refractivity contribution in [2.75, 3.05) is 0 Å². The zero-order valence-corrected chi connectivity index (χ0v) is 19.7. The lowest BCUT2D eigenvalue weighted by Crippen LogP contribution is -2.44. The van der Waals surface area contributed by atoms with Crippen molar-refractivity contribution in [2.45, 2.75) is 12.5 Å². The van der Waals surface area contributed by atoms with Crippen LogP contribution in [0.1, 0.15) is 16.7 Å². The summed E-state index contributed by atoms with van der Waals surface area (Å²) in [6.07, 6.45) is 3.61. The van der Waals surface area contributed by atoms with Crippen molar-refractivity contribution in [2.24, 2.45) is 5.73 Å². The Kier molecular flexibility index (Phi) is 8.30. The van der Waals surface area contributed by atoms with Crippen LogP contribution < -0.4 is 16.4 Å². The van der Waals surface area contributed by atoms with Crippen molar-refractivity contribution >= 4 is 24.0 Å². The minimum atomic E-state index is -1.22. The molecule has 1 atom stereocenters. The van der Waals surface area contributed by atoms with E-state index in [0.717, 1.165) is 24.3 Å². The minimum Gasteiger partial charge on any atom is -0.508 e. The number of aromatic hydroxyl groups is 7. The van der Waals surface area contributed by atoms with E-state index < -0.39 is 35.1 Å². The van der Waals surface area contributed by atoms with Gasteiger partial charge in [0.25, 0.3) is 5.91 Å². The highest BCUT2D eigenvalue weighted by atomic mass is 16.3. The average molecular weight is 523 g/mol. The normalized spacial score (nSPS) is 12.3. The van der Waals surface area contributed by atoms with E-state index in [0.29, 0.717) is 11.1 Å². The van der Waals surface area contributed by atoms with E-state index >= 15 is 0 Å². The van der Waals surface area contributed by atoms with Crippen molar-refractivity contribution in [3.63, 3.8) is 0 Å². The average Bonchev–Trinajstić information content (AvgIpc) is 2.83. The van der Waals surface area contributed by atoms with E-state index in [9.17, 15) is 45.3 Å². The summed E-state index contributed by atoms with van der Waals surface area (Å²) >= 11 is 0. The summed E-state index contributed by atoms with van der Waals surface area (Å²) in [4.78, 5) is 25.7. The third kappa shape index (κ3) is 7.08. The van der Waals surface area contributed by atoms with Gasteiger partial charge in [0.05, 0.1) is 6.04 Å². The summed E-state index contributed by atoms with van der Waals surface area (Å²) in [7, 11) is 0. The molecule has 3 rings (SSSR count). The molecule has 198 valence electrons. The molecule has 0 aliphatic rings. The fraction of sp³-hybridized carbons (Fsp3) is 0.0769. The van der Waals surface area contributed by atoms with E-state index in [1.165, 1.54) is 42.6 Å². The van der Waals surface area contributed by atoms with Gasteiger partial charge in [-0.1, -0.05) is 6.07 Å². The molecule has 0 heterocycles. The lowest BCUT2D eigenvalue weighted by molar-refractivity contribution is -0.124. The van der Waals surface area contributed by atoms with Crippen molar-refractivity contribution in [3.05, 3.63) is 77.1 Å². The van der Waals surface area contributed by atoms with Crippen LogP contribution in [0.4, 0.5) is 0 Å². The van der Waals surface area contributed by atoms with Gasteiger partial charge in [-0.05, 0) is 71.7 Å². The molecule has 0 aliphatic heterocycles. The number of phenols is 7. The molecule has 0 aliphatic carbocycles. The molecule has 0 bridgehead atoms. The zero-order chi connectivity index (χ0) is 28.0. The Balaban J connectivity index is 1.83. The maximum atomic E-state index is 12.9. The molecule has 0 radical (unpaired) electrons. The lowest BCUT2D eigenvalue weighted by Gasteiger charge is -2.15. The van der Waals surface area contributed by atoms with Crippen LogP contribution in [0.3, 0.4) is 0 Å². The Morgan fingerprint density at radius 1 is 0.789 bits per heavy atom. The third-order valence-electron chi connectivity index (χ3n) is 5.15. The van der Waals surface area contributed by atoms with Crippen molar-refractivity contribution in [3.8, 4) is 40.2 Å². The number of nitrogens with two attached hydrogens (primary N) is 1. The zero-order valence-electron chi connectivity index (χ0n) is 19.7. The number of hydrogen-bond acceptors (Lipinski definition) is 10. The van der Waals surface area contributed by atoms with Crippen molar-refractivity contribution < 1.29 is 45.3 Å². The Labute approximate surface area is 215 Å². The SMILES string of the molecule is NC(Cc1cc(O)cc(O)c1)C(=O)NC(=Cc1cc(O)c(O)c(O)c1)C(=O)NC=Cc1ccc(O)c(O)c1. The number of phenolic OH excluding ortho intramolecular Hbond substituents is 7. The summed E-state index contributed by atoms with van der Waals surface area (Å²) in [5, 5.41) is 72.1. The molecule has 12 heteroatoms. The quantitative estimate of drug-likeness (QED) is 0.151. The van der Waals surface area contributed by atoms with Gasteiger partial charge in [-0.15, -0.1) is 0 Å². The van der Waals surface area contributed by atoms with Crippen LogP contribution in [0.5, 0.6) is 40.2 Å². The summed E-state index contributed by atoms with van der Waals surface area (Å²) in [5.74, 6) is -4.91. The van der Waals surface area contributed by atoms with Crippen LogP contribution in [-0.2, 0) is 16.0 Å². The molecule has 38 heavy (non-hydrogen) atoms. The van der Waals surface area contributed by atoms with Gasteiger partial charge in [0.1, 0.15) is 17.2 Å². The van der Waals surface area contributed by atoms with Crippen LogP contribution in [0, 0.1) is 0 Å². The van der Waals surface area contributed by atoms with Gasteiger partial charge in [-0.3, -0.25) is 9.59 Å². The van der Waals surface area contributed by atoms with Gasteiger partial charge >= 0.3 is 0 Å². The van der Waals surface area contributed by atoms with Crippen LogP contribution in [0.25, 0.3) is 12.2 Å². The smallest absolute Gasteiger partial charge is 0.271 e. The van der Waals surface area contributed by atoms with Crippen molar-refractivity contribution in [1.29, 1.82) is 0 Å². The Bertz CT molecular complexity index is 1390. The van der Waals surface area contributed by atoms with Crippen molar-refractivity contribution in [1.82, 2.24) is 10.6 Å². The highest BCUT2D eigenvalue weighted by Gasteiger charge is 2.20. The summed E-state index contributed by atoms with van der Waals surface area (Å²) in [6.45, 7) is 0. The molecule has 3 aromatic rings. The number of rotatable bonds is 8. The molecule has 3 aromatic carbocycles. The molecule has 0 saturated heterocycles. The molecule has 11 N–H and O–H groups in total. The summed E-state index contributed by atoms with van der Waals surface area (Å²) in [5.41, 5.74) is 6.43. The summed E-state index contributed by atoms with van der Waals surface area (Å²) in [6, 6.07) is 8.55. The Hall–Kier alpha value is -5.36. The fourth-order valence-corrected chi connectivity index (χ4v) is 3.32. The topological polar surface area (TPSA) is 226 Å². The van der Waals surface area contributed by atoms with E-state index in [-0.39, 0.29) is 40.7 Å². The number of nitrogens with one attached hydrogen (secondary N) is 2. The molecular formula is C26H25N3O9. The standard InChI is InChI=1S/C26H25N3O9/c27-18(7-14-5-16(30)12-17(31)6-14)25(37)29-19(8-15-10-22(34)24(36)23(35)11-15)26(38)28-4-3-13-1-2-20(32)21(33)9-13/h1-6,8-12,18,30-36H,7,27H2,(H,28,38)(H,29,37). The number of hydrogen-bond donors (Lipinski definition) is 10. The maximum Gasteiger partial charge on any atom is 0.271 e. The largest absolute Gasteiger partial charge is 0.508 e. The monoisotopic (exact) mass is 523 g/mol. The van der Waals surface area contributed by atoms with Gasteiger partial charge in [-0.25, -0.2) is 0 Å². The molecular weight excluding hydrogens is 498 g/mol. The van der Waals surface area contributed by atoms with E-state index in [2.05, 4.69) is 10.6 Å². The van der Waals surface area contributed by atoms with Gasteiger partial charge in [-0.2, -0.15) is 0 Å². The van der Waals surface area contributed by atoms with Crippen LogP contribution in [0.2, 0.25) is 0 Å². The first kappa shape index (κ1) is 27.2. The molecule has 0 aromatic heterocycles. The Morgan fingerprint density at radius 2 is 1.39 bits per heavy atom. The van der Waals surface area contributed by atoms with Gasteiger partial charge in [0.15, 0.2) is 28.7 Å². The number of carbonyl (C=O) groups is 2. The maximum absolute atomic E-state index is 12.9. The Morgan fingerprint density at radius 3 is 2.00 bits per heavy atom. The van der Waals surface area contributed by atoms with Crippen LogP contribution in [-0.4, -0.2) is 53.6 Å². The van der Waals surface area contributed by atoms with Crippen LogP contribution in [0.15, 0.2) is 60.4 Å². The lowest BCUT2D eigenvalue weighted by atomic mass is 10.0. The second-order valence-corrected chi connectivity index (χ2v) is 8.18. The van der Waals surface area contributed by atoms with Gasteiger partial charge < -0.3 is 52.1 Å². The van der Waals surface area contributed by atoms with E-state index in [4.69, 9.17) is 5.73 Å². The first-order valence-electron chi connectivity index (χ1n) is 11.0. The minimum absolute atomic E-state index is 0.0437. The summed E-state index contributed by atoms with van der Waals surface area (Å²) < 4.78 is 0. The molecule has 0 spiro atoms. The number of benzene rings is 3.